The van der Waals surface area contributed by atoms with Crippen molar-refractivity contribution < 1.29 is 19.1 Å². The molecule has 0 aliphatic heterocycles. The fraction of sp³-hybridized carbons (Fsp3) is 0.394. The Kier molecular flexibility index (Phi) is 10.9. The van der Waals surface area contributed by atoms with Gasteiger partial charge in [-0.1, -0.05) is 55.7 Å². The average Bonchev–Trinajstić information content (AvgIpc) is 2.98. The second kappa shape index (κ2) is 15.0. The van der Waals surface area contributed by atoms with E-state index in [1.165, 1.54) is 6.42 Å². The monoisotopic (exact) mass is 556 g/mol. The van der Waals surface area contributed by atoms with Gasteiger partial charge in [0.15, 0.2) is 0 Å². The van der Waals surface area contributed by atoms with Crippen molar-refractivity contribution in [2.75, 3.05) is 16.8 Å². The lowest BCUT2D eigenvalue weighted by Crippen LogP contribution is -2.47. The van der Waals surface area contributed by atoms with Gasteiger partial charge in [0.1, 0.15) is 17.6 Å². The van der Waals surface area contributed by atoms with E-state index in [0.717, 1.165) is 31.2 Å². The first kappa shape index (κ1) is 29.8. The van der Waals surface area contributed by atoms with E-state index >= 15 is 0 Å². The Morgan fingerprint density at radius 3 is 2.37 bits per heavy atom. The summed E-state index contributed by atoms with van der Waals surface area (Å²) in [4.78, 5) is 46.3. The van der Waals surface area contributed by atoms with Gasteiger partial charge in [0, 0.05) is 30.8 Å². The largest absolute Gasteiger partial charge is 0.494 e. The molecule has 4 rings (SSSR count). The molecule has 0 spiro atoms. The highest BCUT2D eigenvalue weighted by Gasteiger charge is 2.34. The first-order valence-electron chi connectivity index (χ1n) is 14.6. The van der Waals surface area contributed by atoms with Gasteiger partial charge >= 0.3 is 0 Å². The predicted octanol–water partition coefficient (Wildman–Crippen LogP) is 6.12. The Morgan fingerprint density at radius 1 is 0.951 bits per heavy atom. The molecule has 1 saturated carbocycles. The van der Waals surface area contributed by atoms with E-state index in [-0.39, 0.29) is 36.6 Å². The van der Waals surface area contributed by atoms with Crippen molar-refractivity contribution in [3.63, 3.8) is 0 Å². The maximum atomic E-state index is 14.0. The van der Waals surface area contributed by atoms with E-state index in [1.54, 1.807) is 29.3 Å². The van der Waals surface area contributed by atoms with Gasteiger partial charge in [0.2, 0.25) is 17.7 Å². The van der Waals surface area contributed by atoms with Crippen LogP contribution in [0.5, 0.6) is 5.75 Å². The summed E-state index contributed by atoms with van der Waals surface area (Å²) in [6, 6.07) is 19.5. The maximum Gasteiger partial charge on any atom is 0.248 e. The number of aryl methyl sites for hydroxylation is 1. The van der Waals surface area contributed by atoms with Crippen LogP contribution in [0.4, 0.5) is 11.5 Å². The van der Waals surface area contributed by atoms with Crippen LogP contribution in [0.1, 0.15) is 75.5 Å². The van der Waals surface area contributed by atoms with Crippen molar-refractivity contribution in [3.8, 4) is 5.75 Å². The minimum absolute atomic E-state index is 0.0885. The van der Waals surface area contributed by atoms with Gasteiger partial charge in [-0.3, -0.25) is 19.3 Å². The van der Waals surface area contributed by atoms with Crippen molar-refractivity contribution >= 4 is 29.2 Å². The molecule has 1 atom stereocenters. The second-order valence-electron chi connectivity index (χ2n) is 10.4. The zero-order valence-electron chi connectivity index (χ0n) is 24.0. The standard InChI is InChI=1S/C33H40N4O4/c1-3-41-27-21-19-25(20-22-27)32(33(40)35-26-13-5-4-6-14-26)37(28-15-8-7-12-24(28)2)31(39)18-11-17-30(38)36-29-16-9-10-23-34-29/h7-10,12,15-16,19-23,26,32H,3-6,11,13-14,17-18H2,1-2H3,(H,35,40)(H,34,36,38)/t32-/m1/s1. The molecule has 8 heteroatoms. The number of anilines is 2. The van der Waals surface area contributed by atoms with E-state index in [9.17, 15) is 14.4 Å². The quantitative estimate of drug-likeness (QED) is 0.280. The molecule has 2 aromatic carbocycles. The van der Waals surface area contributed by atoms with Gasteiger partial charge in [0.05, 0.1) is 6.61 Å². The average molecular weight is 557 g/mol. The van der Waals surface area contributed by atoms with Gasteiger partial charge in [-0.05, 0) is 74.6 Å². The Bertz CT molecular complexity index is 1290. The highest BCUT2D eigenvalue weighted by molar-refractivity contribution is 6.02. The van der Waals surface area contributed by atoms with Crippen LogP contribution in [0, 0.1) is 6.92 Å². The van der Waals surface area contributed by atoms with Crippen LogP contribution in [0.25, 0.3) is 0 Å². The van der Waals surface area contributed by atoms with Crippen molar-refractivity contribution in [1.29, 1.82) is 0 Å². The lowest BCUT2D eigenvalue weighted by molar-refractivity contribution is -0.127. The molecule has 8 nitrogen and oxygen atoms in total. The molecule has 2 N–H and O–H groups in total. The zero-order chi connectivity index (χ0) is 29.0. The molecular weight excluding hydrogens is 516 g/mol. The summed E-state index contributed by atoms with van der Waals surface area (Å²) in [6.45, 7) is 4.39. The van der Waals surface area contributed by atoms with Crippen molar-refractivity contribution in [2.24, 2.45) is 0 Å². The van der Waals surface area contributed by atoms with Gasteiger partial charge in [0.25, 0.3) is 0 Å². The van der Waals surface area contributed by atoms with E-state index in [4.69, 9.17) is 4.74 Å². The van der Waals surface area contributed by atoms with E-state index in [0.29, 0.717) is 35.8 Å². The van der Waals surface area contributed by atoms with Crippen LogP contribution in [-0.4, -0.2) is 35.4 Å². The first-order chi connectivity index (χ1) is 20.0. The molecule has 41 heavy (non-hydrogen) atoms. The number of nitrogens with zero attached hydrogens (tertiary/aromatic N) is 2. The summed E-state index contributed by atoms with van der Waals surface area (Å²) in [7, 11) is 0. The minimum Gasteiger partial charge on any atom is -0.494 e. The maximum absolute atomic E-state index is 14.0. The number of rotatable bonds is 12. The number of nitrogens with one attached hydrogen (secondary N) is 2. The number of amides is 3. The first-order valence-corrected chi connectivity index (χ1v) is 14.6. The molecule has 0 bridgehead atoms. The molecule has 0 unspecified atom stereocenters. The number of carbonyl (C=O) groups is 3. The molecule has 1 aliphatic carbocycles. The number of hydrogen-bond donors (Lipinski definition) is 2. The number of carbonyl (C=O) groups excluding carboxylic acids is 3. The Balaban J connectivity index is 1.59. The Labute approximate surface area is 242 Å². The highest BCUT2D eigenvalue weighted by Crippen LogP contribution is 2.33. The molecule has 0 radical (unpaired) electrons. The number of para-hydroxylation sites is 1. The topological polar surface area (TPSA) is 101 Å². The summed E-state index contributed by atoms with van der Waals surface area (Å²) in [5.74, 6) is 0.543. The lowest BCUT2D eigenvalue weighted by Gasteiger charge is -2.34. The Hall–Kier alpha value is -4.20. The van der Waals surface area contributed by atoms with Gasteiger partial charge in [-0.25, -0.2) is 4.98 Å². The van der Waals surface area contributed by atoms with Crippen LogP contribution in [0.2, 0.25) is 0 Å². The molecule has 3 aromatic rings. The smallest absolute Gasteiger partial charge is 0.248 e. The number of benzene rings is 2. The van der Waals surface area contributed by atoms with Crippen LogP contribution in [0.3, 0.4) is 0 Å². The minimum atomic E-state index is -0.872. The van der Waals surface area contributed by atoms with Crippen molar-refractivity contribution in [2.45, 2.75) is 77.3 Å². The summed E-state index contributed by atoms with van der Waals surface area (Å²) in [5, 5.41) is 6.01. The lowest BCUT2D eigenvalue weighted by atomic mass is 9.94. The number of hydrogen-bond acceptors (Lipinski definition) is 5. The summed E-state index contributed by atoms with van der Waals surface area (Å²) < 4.78 is 5.63. The van der Waals surface area contributed by atoms with Gasteiger partial charge in [-0.2, -0.15) is 0 Å². The highest BCUT2D eigenvalue weighted by atomic mass is 16.5. The number of ether oxygens (including phenoxy) is 1. The van der Waals surface area contributed by atoms with Crippen LogP contribution in [-0.2, 0) is 14.4 Å². The van der Waals surface area contributed by atoms with Crippen LogP contribution < -0.4 is 20.3 Å². The third kappa shape index (κ3) is 8.39. The molecule has 1 aliphatic rings. The predicted molar refractivity (Wildman–Crippen MR) is 161 cm³/mol. The molecule has 0 saturated heterocycles. The van der Waals surface area contributed by atoms with Crippen molar-refractivity contribution in [1.82, 2.24) is 10.3 Å². The van der Waals surface area contributed by atoms with E-state index < -0.39 is 6.04 Å². The molecule has 1 aromatic heterocycles. The molecule has 3 amide bonds. The SMILES string of the molecule is CCOc1ccc([C@H](C(=O)NC2CCCCC2)N(C(=O)CCCC(=O)Nc2ccccn2)c2ccccc2C)cc1. The van der Waals surface area contributed by atoms with Gasteiger partial charge in [-0.15, -0.1) is 0 Å². The third-order valence-electron chi connectivity index (χ3n) is 7.34. The molecule has 216 valence electrons. The molecular formula is C33H40N4O4. The zero-order valence-corrected chi connectivity index (χ0v) is 24.0. The fourth-order valence-corrected chi connectivity index (χ4v) is 5.27. The van der Waals surface area contributed by atoms with E-state index in [1.807, 2.05) is 62.4 Å². The third-order valence-corrected chi connectivity index (χ3v) is 7.34. The van der Waals surface area contributed by atoms with Gasteiger partial charge < -0.3 is 15.4 Å². The summed E-state index contributed by atoms with van der Waals surface area (Å²) in [5.41, 5.74) is 2.26. The number of aromatic nitrogens is 1. The summed E-state index contributed by atoms with van der Waals surface area (Å²) >= 11 is 0. The second-order valence-corrected chi connectivity index (χ2v) is 10.4. The fourth-order valence-electron chi connectivity index (χ4n) is 5.27. The molecule has 1 heterocycles. The molecule has 1 fully saturated rings. The van der Waals surface area contributed by atoms with E-state index in [2.05, 4.69) is 15.6 Å². The summed E-state index contributed by atoms with van der Waals surface area (Å²) in [6.07, 6.45) is 7.42. The van der Waals surface area contributed by atoms with Crippen LogP contribution in [0.15, 0.2) is 72.9 Å². The van der Waals surface area contributed by atoms with Crippen LogP contribution >= 0.6 is 0 Å². The normalized spacial score (nSPS) is 14.1. The van der Waals surface area contributed by atoms with Crippen molar-refractivity contribution in [3.05, 3.63) is 84.1 Å². The number of pyridine rings is 1. The Morgan fingerprint density at radius 2 is 1.68 bits per heavy atom.